The second kappa shape index (κ2) is 2.74. The number of aryl methyl sites for hydroxylation is 1. The summed E-state index contributed by atoms with van der Waals surface area (Å²) in [5.41, 5.74) is 0.579. The summed E-state index contributed by atoms with van der Waals surface area (Å²) in [5, 5.41) is 8.59. The highest BCUT2D eigenvalue weighted by molar-refractivity contribution is 5.74. The molecule has 0 aliphatic heterocycles. The summed E-state index contributed by atoms with van der Waals surface area (Å²) in [5.74, 6) is -0.635. The molecule has 0 bridgehead atoms. The second-order valence-electron chi connectivity index (χ2n) is 2.47. The predicted molar refractivity (Wildman–Crippen MR) is 39.4 cm³/mol. The fraction of sp³-hybridized carbons (Fsp3) is 0.429. The Bertz CT molecular complexity index is 267. The molecule has 1 unspecified atom stereocenters. The molecule has 1 heterocycles. The molecule has 1 aromatic heterocycles. The Morgan fingerprint density at radius 3 is 2.82 bits per heavy atom. The lowest BCUT2D eigenvalue weighted by Crippen LogP contribution is -2.07. The molecule has 0 aliphatic rings. The van der Waals surface area contributed by atoms with E-state index in [-0.39, 0.29) is 0 Å². The monoisotopic (exact) mass is 154 g/mol. The summed E-state index contributed by atoms with van der Waals surface area (Å²) >= 11 is 0. The Labute approximate surface area is 64.3 Å². The van der Waals surface area contributed by atoms with E-state index in [2.05, 4.69) is 9.97 Å². The minimum Gasteiger partial charge on any atom is -0.481 e. The first kappa shape index (κ1) is 7.78. The third-order valence-corrected chi connectivity index (χ3v) is 1.54. The smallest absolute Gasteiger partial charge is 0.312 e. The molecule has 0 aromatic carbocycles. The van der Waals surface area contributed by atoms with Gasteiger partial charge in [-0.1, -0.05) is 0 Å². The van der Waals surface area contributed by atoms with Crippen molar-refractivity contribution in [1.82, 2.24) is 9.97 Å². The summed E-state index contributed by atoms with van der Waals surface area (Å²) in [4.78, 5) is 17.3. The number of imidazole rings is 1. The van der Waals surface area contributed by atoms with Crippen LogP contribution in [0.5, 0.6) is 0 Å². The summed E-state index contributed by atoms with van der Waals surface area (Å²) in [6.07, 6.45) is 1.62. The largest absolute Gasteiger partial charge is 0.481 e. The fourth-order valence-corrected chi connectivity index (χ4v) is 0.785. The zero-order chi connectivity index (χ0) is 8.43. The van der Waals surface area contributed by atoms with Crippen LogP contribution in [-0.2, 0) is 4.79 Å². The average Bonchev–Trinajstić information content (AvgIpc) is 2.34. The van der Waals surface area contributed by atoms with Gasteiger partial charge >= 0.3 is 5.97 Å². The zero-order valence-corrected chi connectivity index (χ0v) is 6.46. The third-order valence-electron chi connectivity index (χ3n) is 1.54. The van der Waals surface area contributed by atoms with Crippen molar-refractivity contribution in [2.75, 3.05) is 0 Å². The molecule has 0 saturated carbocycles. The van der Waals surface area contributed by atoms with Gasteiger partial charge in [-0.2, -0.15) is 0 Å². The van der Waals surface area contributed by atoms with E-state index in [1.54, 1.807) is 20.0 Å². The normalized spacial score (nSPS) is 12.9. The van der Waals surface area contributed by atoms with Crippen LogP contribution in [-0.4, -0.2) is 21.0 Å². The van der Waals surface area contributed by atoms with E-state index in [4.69, 9.17) is 5.11 Å². The van der Waals surface area contributed by atoms with Crippen molar-refractivity contribution >= 4 is 5.97 Å². The Hall–Kier alpha value is -1.32. The summed E-state index contributed by atoms with van der Waals surface area (Å²) < 4.78 is 0. The number of carbonyl (C=O) groups is 1. The van der Waals surface area contributed by atoms with Crippen LogP contribution in [0.1, 0.15) is 24.4 Å². The van der Waals surface area contributed by atoms with E-state index in [1.165, 1.54) is 0 Å². The minimum absolute atomic E-state index is 0.528. The molecule has 1 rings (SSSR count). The highest BCUT2D eigenvalue weighted by atomic mass is 16.4. The lowest BCUT2D eigenvalue weighted by atomic mass is 10.1. The number of H-pyrrole nitrogens is 1. The predicted octanol–water partition coefficient (Wildman–Crippen LogP) is 0.906. The van der Waals surface area contributed by atoms with Crippen LogP contribution < -0.4 is 0 Å². The molecule has 0 fully saturated rings. The summed E-state index contributed by atoms with van der Waals surface area (Å²) in [6.45, 7) is 3.40. The van der Waals surface area contributed by atoms with Gasteiger partial charge < -0.3 is 10.1 Å². The topological polar surface area (TPSA) is 66.0 Å². The van der Waals surface area contributed by atoms with Crippen LogP contribution in [0.2, 0.25) is 0 Å². The first-order valence-corrected chi connectivity index (χ1v) is 3.36. The molecule has 2 N–H and O–H groups in total. The molecule has 0 saturated heterocycles. The first-order chi connectivity index (χ1) is 5.11. The summed E-state index contributed by atoms with van der Waals surface area (Å²) in [7, 11) is 0. The number of hydrogen-bond acceptors (Lipinski definition) is 2. The number of aromatic amines is 1. The molecule has 0 spiro atoms. The highest BCUT2D eigenvalue weighted by Crippen LogP contribution is 2.11. The quantitative estimate of drug-likeness (QED) is 0.665. The zero-order valence-electron chi connectivity index (χ0n) is 6.46. The van der Waals surface area contributed by atoms with Crippen LogP contribution in [0.3, 0.4) is 0 Å². The summed E-state index contributed by atoms with van der Waals surface area (Å²) in [6, 6.07) is 0. The average molecular weight is 154 g/mol. The molecular weight excluding hydrogens is 144 g/mol. The number of nitrogens with zero attached hydrogens (tertiary/aromatic N) is 1. The number of nitrogens with one attached hydrogen (secondary N) is 1. The highest BCUT2D eigenvalue weighted by Gasteiger charge is 2.15. The number of hydrogen-bond donors (Lipinski definition) is 2. The van der Waals surface area contributed by atoms with Crippen LogP contribution in [0, 0.1) is 6.92 Å². The van der Waals surface area contributed by atoms with Crippen LogP contribution in [0.4, 0.5) is 0 Å². The van der Waals surface area contributed by atoms with Gasteiger partial charge in [0.15, 0.2) is 0 Å². The van der Waals surface area contributed by atoms with E-state index in [9.17, 15) is 4.79 Å². The number of aliphatic carboxylic acids is 1. The van der Waals surface area contributed by atoms with E-state index in [1.807, 2.05) is 0 Å². The Morgan fingerprint density at radius 2 is 2.45 bits per heavy atom. The number of carboxylic acid groups (broad SMARTS) is 1. The Kier molecular flexibility index (Phi) is 1.94. The van der Waals surface area contributed by atoms with Gasteiger partial charge in [0.05, 0.1) is 11.6 Å². The molecule has 60 valence electrons. The first-order valence-electron chi connectivity index (χ1n) is 3.36. The molecular formula is C7H10N2O2. The van der Waals surface area contributed by atoms with Crippen molar-refractivity contribution < 1.29 is 9.90 Å². The molecule has 0 amide bonds. The molecule has 4 heteroatoms. The van der Waals surface area contributed by atoms with Crippen molar-refractivity contribution in [2.24, 2.45) is 0 Å². The van der Waals surface area contributed by atoms with Gasteiger partial charge in [0, 0.05) is 6.20 Å². The molecule has 1 atom stereocenters. The van der Waals surface area contributed by atoms with Gasteiger partial charge in [0.25, 0.3) is 0 Å². The van der Waals surface area contributed by atoms with Gasteiger partial charge in [-0.15, -0.1) is 0 Å². The maximum absolute atomic E-state index is 10.5. The van der Waals surface area contributed by atoms with Crippen molar-refractivity contribution in [3.63, 3.8) is 0 Å². The van der Waals surface area contributed by atoms with Crippen LogP contribution in [0.15, 0.2) is 6.20 Å². The van der Waals surface area contributed by atoms with Gasteiger partial charge in [0.2, 0.25) is 0 Å². The lowest BCUT2D eigenvalue weighted by Gasteiger charge is -1.98. The molecule has 0 radical (unpaired) electrons. The SMILES string of the molecule is Cc1nc(C(C)C(=O)O)c[nH]1. The maximum Gasteiger partial charge on any atom is 0.312 e. The van der Waals surface area contributed by atoms with Crippen molar-refractivity contribution in [3.8, 4) is 0 Å². The van der Waals surface area contributed by atoms with E-state index in [0.717, 1.165) is 5.82 Å². The van der Waals surface area contributed by atoms with Crippen molar-refractivity contribution in [3.05, 3.63) is 17.7 Å². The standard InChI is InChI=1S/C7H10N2O2/c1-4(7(10)11)6-3-8-5(2)9-6/h3-4H,1-2H3,(H,8,9)(H,10,11). The number of aromatic nitrogens is 2. The molecule has 11 heavy (non-hydrogen) atoms. The van der Waals surface area contributed by atoms with E-state index < -0.39 is 11.9 Å². The molecule has 4 nitrogen and oxygen atoms in total. The fourth-order valence-electron chi connectivity index (χ4n) is 0.785. The van der Waals surface area contributed by atoms with E-state index in [0.29, 0.717) is 5.69 Å². The molecule has 0 aliphatic carbocycles. The van der Waals surface area contributed by atoms with Gasteiger partial charge in [-0.05, 0) is 13.8 Å². The van der Waals surface area contributed by atoms with Crippen LogP contribution in [0.25, 0.3) is 0 Å². The third kappa shape index (κ3) is 1.58. The van der Waals surface area contributed by atoms with Crippen molar-refractivity contribution in [2.45, 2.75) is 19.8 Å². The second-order valence-corrected chi connectivity index (χ2v) is 2.47. The van der Waals surface area contributed by atoms with Gasteiger partial charge in [-0.3, -0.25) is 4.79 Å². The Balaban J connectivity index is 2.84. The van der Waals surface area contributed by atoms with Crippen molar-refractivity contribution in [1.29, 1.82) is 0 Å². The van der Waals surface area contributed by atoms with Crippen LogP contribution >= 0.6 is 0 Å². The maximum atomic E-state index is 10.5. The van der Waals surface area contributed by atoms with Gasteiger partial charge in [0.1, 0.15) is 5.82 Å². The number of carboxylic acids is 1. The van der Waals surface area contributed by atoms with E-state index >= 15 is 0 Å². The Morgan fingerprint density at radius 1 is 1.82 bits per heavy atom. The minimum atomic E-state index is -0.850. The lowest BCUT2D eigenvalue weighted by molar-refractivity contribution is -0.138. The number of rotatable bonds is 2. The van der Waals surface area contributed by atoms with Gasteiger partial charge in [-0.25, -0.2) is 4.98 Å². The molecule has 1 aromatic rings.